The molecular formula is C24H24N4O4S. The second-order valence-corrected chi connectivity index (χ2v) is 9.20. The summed E-state index contributed by atoms with van der Waals surface area (Å²) in [4.78, 5) is 45.3. The number of carbonyl (C=O) groups is 3. The van der Waals surface area contributed by atoms with Gasteiger partial charge in [-0.3, -0.25) is 24.2 Å². The fraction of sp³-hybridized carbons (Fsp3) is 0.333. The van der Waals surface area contributed by atoms with E-state index in [1.165, 1.54) is 21.8 Å². The van der Waals surface area contributed by atoms with Crippen molar-refractivity contribution < 1.29 is 19.1 Å². The summed E-state index contributed by atoms with van der Waals surface area (Å²) in [5.41, 5.74) is 2.92. The molecule has 0 bridgehead atoms. The fourth-order valence-corrected chi connectivity index (χ4v) is 5.11. The van der Waals surface area contributed by atoms with Crippen molar-refractivity contribution in [2.45, 2.75) is 19.4 Å². The number of thiazole rings is 1. The second-order valence-electron chi connectivity index (χ2n) is 8.17. The van der Waals surface area contributed by atoms with Gasteiger partial charge in [-0.1, -0.05) is 29.5 Å². The van der Waals surface area contributed by atoms with Crippen LogP contribution in [-0.2, 0) is 16.1 Å². The largest absolute Gasteiger partial charge is 0.379 e. The van der Waals surface area contributed by atoms with Crippen molar-refractivity contribution in [1.82, 2.24) is 14.8 Å². The first kappa shape index (κ1) is 21.7. The van der Waals surface area contributed by atoms with Crippen molar-refractivity contribution in [3.05, 3.63) is 59.2 Å². The Labute approximate surface area is 195 Å². The molecule has 1 fully saturated rings. The first-order valence-corrected chi connectivity index (χ1v) is 11.8. The molecule has 33 heavy (non-hydrogen) atoms. The number of aromatic nitrogens is 1. The van der Waals surface area contributed by atoms with E-state index in [-0.39, 0.29) is 30.7 Å². The zero-order valence-electron chi connectivity index (χ0n) is 18.1. The molecular weight excluding hydrogens is 440 g/mol. The van der Waals surface area contributed by atoms with E-state index >= 15 is 0 Å². The molecule has 8 nitrogen and oxygen atoms in total. The molecule has 1 aromatic heterocycles. The third kappa shape index (κ3) is 4.66. The Balaban J connectivity index is 1.14. The average molecular weight is 465 g/mol. The zero-order chi connectivity index (χ0) is 22.8. The number of nitrogens with one attached hydrogen (secondary N) is 1. The molecule has 3 heterocycles. The lowest BCUT2D eigenvalue weighted by atomic mass is 10.1. The highest BCUT2D eigenvalue weighted by Gasteiger charge is 2.34. The molecule has 3 aromatic rings. The molecule has 3 amide bonds. The minimum absolute atomic E-state index is 0.181. The first-order valence-electron chi connectivity index (χ1n) is 11.0. The Morgan fingerprint density at radius 2 is 1.79 bits per heavy atom. The Morgan fingerprint density at radius 3 is 2.52 bits per heavy atom. The maximum absolute atomic E-state index is 12.4. The standard InChI is InChI=1S/C24H24N4O4S/c29-21(6-3-9-28-22(30)17-4-1-2-5-18(17)23(28)31)26-24-25-19-8-7-16(14-20(19)33-24)15-27-10-12-32-13-11-27/h1-2,4-5,7-8,14H,3,6,9-13,15H2,(H,25,26,29). The van der Waals surface area contributed by atoms with Gasteiger partial charge in [-0.25, -0.2) is 4.98 Å². The van der Waals surface area contributed by atoms with Crippen molar-refractivity contribution in [2.75, 3.05) is 38.2 Å². The van der Waals surface area contributed by atoms with Gasteiger partial charge in [0.05, 0.1) is 34.6 Å². The van der Waals surface area contributed by atoms with E-state index in [2.05, 4.69) is 27.3 Å². The van der Waals surface area contributed by atoms with Crippen molar-refractivity contribution >= 4 is 44.4 Å². The molecule has 2 aromatic carbocycles. The molecule has 0 unspecified atom stereocenters. The van der Waals surface area contributed by atoms with E-state index in [0.29, 0.717) is 22.7 Å². The van der Waals surface area contributed by atoms with E-state index < -0.39 is 0 Å². The van der Waals surface area contributed by atoms with Crippen LogP contribution in [0.25, 0.3) is 10.2 Å². The average Bonchev–Trinajstić information content (AvgIpc) is 3.33. The van der Waals surface area contributed by atoms with Gasteiger partial charge in [-0.05, 0) is 36.2 Å². The summed E-state index contributed by atoms with van der Waals surface area (Å²) < 4.78 is 6.43. The van der Waals surface area contributed by atoms with Crippen LogP contribution in [0.1, 0.15) is 39.1 Å². The fourth-order valence-electron chi connectivity index (χ4n) is 4.16. The number of benzene rings is 2. The Bertz CT molecular complexity index is 1180. The number of hydrogen-bond donors (Lipinski definition) is 1. The predicted molar refractivity (Wildman–Crippen MR) is 125 cm³/mol. The number of amides is 3. The van der Waals surface area contributed by atoms with Crippen LogP contribution in [0.2, 0.25) is 0 Å². The number of anilines is 1. The molecule has 1 N–H and O–H groups in total. The number of rotatable bonds is 7. The van der Waals surface area contributed by atoms with Crippen molar-refractivity contribution in [3.63, 3.8) is 0 Å². The number of hydrogen-bond acceptors (Lipinski definition) is 7. The number of imide groups is 1. The highest BCUT2D eigenvalue weighted by atomic mass is 32.1. The summed E-state index contributed by atoms with van der Waals surface area (Å²) in [6.07, 6.45) is 0.595. The van der Waals surface area contributed by atoms with Gasteiger partial charge < -0.3 is 10.1 Å². The third-order valence-corrected chi connectivity index (χ3v) is 6.81. The number of ether oxygens (including phenoxy) is 1. The summed E-state index contributed by atoms with van der Waals surface area (Å²) in [5.74, 6) is -0.774. The van der Waals surface area contributed by atoms with Crippen LogP contribution in [0.4, 0.5) is 5.13 Å². The van der Waals surface area contributed by atoms with E-state index in [0.717, 1.165) is 43.1 Å². The molecule has 1 saturated heterocycles. The Morgan fingerprint density at radius 1 is 1.06 bits per heavy atom. The van der Waals surface area contributed by atoms with Gasteiger partial charge in [-0.2, -0.15) is 0 Å². The third-order valence-electron chi connectivity index (χ3n) is 5.87. The Hall–Kier alpha value is -3.14. The molecule has 0 saturated carbocycles. The molecule has 170 valence electrons. The van der Waals surface area contributed by atoms with Gasteiger partial charge in [0.2, 0.25) is 5.91 Å². The van der Waals surface area contributed by atoms with Crippen LogP contribution in [0.3, 0.4) is 0 Å². The van der Waals surface area contributed by atoms with E-state index in [1.807, 2.05) is 6.07 Å². The molecule has 0 spiro atoms. The first-order chi connectivity index (χ1) is 16.1. The molecule has 0 aliphatic carbocycles. The summed E-state index contributed by atoms with van der Waals surface area (Å²) in [6.45, 7) is 4.49. The van der Waals surface area contributed by atoms with Crippen LogP contribution in [-0.4, -0.2) is 65.4 Å². The van der Waals surface area contributed by atoms with Crippen molar-refractivity contribution in [1.29, 1.82) is 0 Å². The normalized spacial score (nSPS) is 16.4. The number of morpholine rings is 1. The summed E-state index contributed by atoms with van der Waals surface area (Å²) in [5, 5.41) is 3.41. The smallest absolute Gasteiger partial charge is 0.261 e. The van der Waals surface area contributed by atoms with Crippen LogP contribution in [0.15, 0.2) is 42.5 Å². The minimum atomic E-state index is -0.296. The summed E-state index contributed by atoms with van der Waals surface area (Å²) in [7, 11) is 0. The number of fused-ring (bicyclic) bond motifs is 2. The Kier molecular flexibility index (Phi) is 6.17. The highest BCUT2D eigenvalue weighted by Crippen LogP contribution is 2.28. The zero-order valence-corrected chi connectivity index (χ0v) is 18.9. The van der Waals surface area contributed by atoms with Crippen LogP contribution >= 0.6 is 11.3 Å². The molecule has 5 rings (SSSR count). The van der Waals surface area contributed by atoms with Gasteiger partial charge in [0.15, 0.2) is 5.13 Å². The SMILES string of the molecule is O=C(CCCN1C(=O)c2ccccc2C1=O)Nc1nc2ccc(CN3CCOCC3)cc2s1. The lowest BCUT2D eigenvalue weighted by Crippen LogP contribution is -2.35. The quantitative estimate of drug-likeness (QED) is 0.540. The molecule has 0 atom stereocenters. The minimum Gasteiger partial charge on any atom is -0.379 e. The molecule has 0 radical (unpaired) electrons. The van der Waals surface area contributed by atoms with Gasteiger partial charge in [0.25, 0.3) is 11.8 Å². The van der Waals surface area contributed by atoms with E-state index in [1.54, 1.807) is 24.3 Å². The van der Waals surface area contributed by atoms with Crippen LogP contribution in [0.5, 0.6) is 0 Å². The van der Waals surface area contributed by atoms with Gasteiger partial charge in [0, 0.05) is 32.6 Å². The maximum atomic E-state index is 12.4. The number of nitrogens with zero attached hydrogens (tertiary/aromatic N) is 3. The molecule has 2 aliphatic rings. The highest BCUT2D eigenvalue weighted by molar-refractivity contribution is 7.22. The maximum Gasteiger partial charge on any atom is 0.261 e. The molecule has 9 heteroatoms. The lowest BCUT2D eigenvalue weighted by Gasteiger charge is -2.26. The topological polar surface area (TPSA) is 91.8 Å². The van der Waals surface area contributed by atoms with E-state index in [4.69, 9.17) is 4.74 Å². The monoisotopic (exact) mass is 464 g/mol. The van der Waals surface area contributed by atoms with Crippen LogP contribution in [0, 0.1) is 0 Å². The van der Waals surface area contributed by atoms with Crippen LogP contribution < -0.4 is 5.32 Å². The lowest BCUT2D eigenvalue weighted by molar-refractivity contribution is -0.116. The van der Waals surface area contributed by atoms with Gasteiger partial charge in [0.1, 0.15) is 0 Å². The predicted octanol–water partition coefficient (Wildman–Crippen LogP) is 3.14. The molecule has 2 aliphatic heterocycles. The van der Waals surface area contributed by atoms with Crippen molar-refractivity contribution in [3.8, 4) is 0 Å². The van der Waals surface area contributed by atoms with E-state index in [9.17, 15) is 14.4 Å². The van der Waals surface area contributed by atoms with Crippen molar-refractivity contribution in [2.24, 2.45) is 0 Å². The van der Waals surface area contributed by atoms with Gasteiger partial charge in [-0.15, -0.1) is 0 Å². The number of carbonyl (C=O) groups excluding carboxylic acids is 3. The summed E-state index contributed by atoms with van der Waals surface area (Å²) >= 11 is 1.45. The van der Waals surface area contributed by atoms with Gasteiger partial charge >= 0.3 is 0 Å². The second kappa shape index (κ2) is 9.38. The summed E-state index contributed by atoms with van der Waals surface area (Å²) in [6, 6.07) is 13.0.